The van der Waals surface area contributed by atoms with Crippen molar-refractivity contribution in [2.45, 2.75) is 32.2 Å². The Morgan fingerprint density at radius 2 is 1.81 bits per heavy atom. The van der Waals surface area contributed by atoms with Crippen LogP contribution in [0.5, 0.6) is 5.75 Å². The molecule has 0 heterocycles. The van der Waals surface area contributed by atoms with Gasteiger partial charge in [0.25, 0.3) is 0 Å². The molecule has 5 nitrogen and oxygen atoms in total. The van der Waals surface area contributed by atoms with Crippen LogP contribution in [0.25, 0.3) is 10.4 Å². The fourth-order valence-electron chi connectivity index (χ4n) is 2.18. The molecule has 0 amide bonds. The van der Waals surface area contributed by atoms with Crippen molar-refractivity contribution in [2.24, 2.45) is 5.11 Å². The molecule has 0 aliphatic rings. The molecule has 0 aromatic heterocycles. The number of ether oxygens (including phenoxy) is 2. The third-order valence-electron chi connectivity index (χ3n) is 3.52. The summed E-state index contributed by atoms with van der Waals surface area (Å²) in [7, 11) is 0. The lowest BCUT2D eigenvalue weighted by molar-refractivity contribution is 0.111. The van der Waals surface area contributed by atoms with E-state index in [4.69, 9.17) is 26.6 Å². The second-order valence-corrected chi connectivity index (χ2v) is 4.98. The molecule has 0 unspecified atom stereocenters. The maximum Gasteiger partial charge on any atom is 0.119 e. The number of nitrogens with zero attached hydrogens (tertiary/aromatic N) is 3. The molecule has 21 heavy (non-hydrogen) atoms. The molecule has 0 aliphatic carbocycles. The third kappa shape index (κ3) is 5.12. The molecule has 0 saturated carbocycles. The van der Waals surface area contributed by atoms with Gasteiger partial charge in [0.05, 0.1) is 18.8 Å². The van der Waals surface area contributed by atoms with Gasteiger partial charge in [-0.2, -0.15) is 0 Å². The van der Waals surface area contributed by atoms with Crippen LogP contribution < -0.4 is 4.74 Å². The van der Waals surface area contributed by atoms with Crippen LogP contribution in [0.4, 0.5) is 0 Å². The lowest BCUT2D eigenvalue weighted by atomic mass is 9.86. The molecular formula is C15H22ClN3O2. The zero-order valence-electron chi connectivity index (χ0n) is 12.6. The Bertz CT molecular complexity index is 454. The van der Waals surface area contributed by atoms with Gasteiger partial charge in [-0.25, -0.2) is 0 Å². The second kappa shape index (κ2) is 9.50. The summed E-state index contributed by atoms with van der Waals surface area (Å²) in [5, 5.41) is 4.00. The van der Waals surface area contributed by atoms with E-state index in [1.165, 1.54) is 0 Å². The summed E-state index contributed by atoms with van der Waals surface area (Å²) in [4.78, 5) is 2.99. The van der Waals surface area contributed by atoms with E-state index in [9.17, 15) is 0 Å². The van der Waals surface area contributed by atoms with E-state index >= 15 is 0 Å². The second-order valence-electron chi connectivity index (χ2n) is 4.60. The fourth-order valence-corrected chi connectivity index (χ4v) is 2.29. The summed E-state index contributed by atoms with van der Waals surface area (Å²) in [5.41, 5.74) is 9.31. The van der Waals surface area contributed by atoms with Crippen LogP contribution in [0, 0.1) is 0 Å². The van der Waals surface area contributed by atoms with Crippen molar-refractivity contribution in [3.8, 4) is 5.75 Å². The smallest absolute Gasteiger partial charge is 0.119 e. The van der Waals surface area contributed by atoms with Gasteiger partial charge in [-0.15, -0.1) is 11.6 Å². The molecule has 0 bridgehead atoms. The van der Waals surface area contributed by atoms with E-state index in [0.29, 0.717) is 25.7 Å². The standard InChI is InChI=1S/C15H22ClN3O2/c1-3-15(4-2,18-19-17)13-5-7-14(8-6-13)21-12-11-20-10-9-16/h5-8H,3-4,9-12H2,1-2H3. The number of benzene rings is 1. The molecule has 0 atom stereocenters. The van der Waals surface area contributed by atoms with Gasteiger partial charge < -0.3 is 9.47 Å². The largest absolute Gasteiger partial charge is 0.491 e. The number of rotatable bonds is 10. The minimum atomic E-state index is -0.475. The molecule has 1 aromatic carbocycles. The molecule has 0 radical (unpaired) electrons. The minimum Gasteiger partial charge on any atom is -0.491 e. The summed E-state index contributed by atoms with van der Waals surface area (Å²) < 4.78 is 10.8. The van der Waals surface area contributed by atoms with Crippen molar-refractivity contribution < 1.29 is 9.47 Å². The average molecular weight is 312 g/mol. The maximum atomic E-state index is 8.78. The van der Waals surface area contributed by atoms with Crippen molar-refractivity contribution >= 4 is 11.6 Å². The highest BCUT2D eigenvalue weighted by Crippen LogP contribution is 2.34. The molecule has 1 rings (SSSR count). The lowest BCUT2D eigenvalue weighted by Gasteiger charge is -2.26. The predicted molar refractivity (Wildman–Crippen MR) is 84.9 cm³/mol. The SMILES string of the molecule is CCC(CC)(N=[N+]=[N-])c1ccc(OCCOCCCl)cc1. The van der Waals surface area contributed by atoms with E-state index in [2.05, 4.69) is 10.0 Å². The van der Waals surface area contributed by atoms with Gasteiger partial charge in [0.15, 0.2) is 0 Å². The van der Waals surface area contributed by atoms with E-state index in [1.54, 1.807) is 0 Å². The number of hydrogen-bond donors (Lipinski definition) is 0. The van der Waals surface area contributed by atoms with Crippen LogP contribution >= 0.6 is 11.6 Å². The molecule has 116 valence electrons. The summed E-state index contributed by atoms with van der Waals surface area (Å²) in [6, 6.07) is 7.70. The van der Waals surface area contributed by atoms with Crippen LogP contribution in [0.2, 0.25) is 0 Å². The van der Waals surface area contributed by atoms with Gasteiger partial charge in [-0.1, -0.05) is 31.1 Å². The molecule has 0 N–H and O–H groups in total. The third-order valence-corrected chi connectivity index (χ3v) is 3.67. The molecule has 6 heteroatoms. The van der Waals surface area contributed by atoms with Crippen molar-refractivity contribution in [1.29, 1.82) is 0 Å². The van der Waals surface area contributed by atoms with Gasteiger partial charge >= 0.3 is 0 Å². The van der Waals surface area contributed by atoms with Gasteiger partial charge in [0.2, 0.25) is 0 Å². The van der Waals surface area contributed by atoms with Crippen LogP contribution in [-0.4, -0.2) is 25.7 Å². The summed E-state index contributed by atoms with van der Waals surface area (Å²) in [6.07, 6.45) is 1.53. The minimum absolute atomic E-state index is 0.475. The Hall–Kier alpha value is -1.42. The summed E-state index contributed by atoms with van der Waals surface area (Å²) in [6.45, 7) is 5.58. The quantitative estimate of drug-likeness (QED) is 0.207. The number of alkyl halides is 1. The number of halogens is 1. The number of azide groups is 1. The fraction of sp³-hybridized carbons (Fsp3) is 0.600. The normalized spacial score (nSPS) is 11.0. The van der Waals surface area contributed by atoms with Crippen LogP contribution in [0.1, 0.15) is 32.3 Å². The van der Waals surface area contributed by atoms with E-state index in [0.717, 1.165) is 24.2 Å². The Kier molecular flexibility index (Phi) is 7.98. The average Bonchev–Trinajstić information content (AvgIpc) is 2.53. The van der Waals surface area contributed by atoms with Crippen molar-refractivity contribution in [3.05, 3.63) is 40.3 Å². The van der Waals surface area contributed by atoms with Gasteiger partial charge in [-0.3, -0.25) is 0 Å². The number of hydrogen-bond acceptors (Lipinski definition) is 3. The van der Waals surface area contributed by atoms with Gasteiger partial charge in [0, 0.05) is 10.8 Å². The zero-order valence-corrected chi connectivity index (χ0v) is 13.3. The van der Waals surface area contributed by atoms with E-state index in [-0.39, 0.29) is 0 Å². The van der Waals surface area contributed by atoms with E-state index < -0.39 is 5.54 Å². The lowest BCUT2D eigenvalue weighted by Crippen LogP contribution is -2.20. The van der Waals surface area contributed by atoms with Gasteiger partial charge in [-0.05, 0) is 36.1 Å². The Balaban J connectivity index is 2.66. The molecule has 0 fully saturated rings. The first-order chi connectivity index (χ1) is 10.2. The van der Waals surface area contributed by atoms with Crippen LogP contribution in [0.15, 0.2) is 29.4 Å². The van der Waals surface area contributed by atoms with Crippen molar-refractivity contribution in [1.82, 2.24) is 0 Å². The van der Waals surface area contributed by atoms with Crippen molar-refractivity contribution in [2.75, 3.05) is 25.7 Å². The Morgan fingerprint density at radius 3 is 2.33 bits per heavy atom. The topological polar surface area (TPSA) is 67.2 Å². The molecular weight excluding hydrogens is 290 g/mol. The molecule has 0 spiro atoms. The highest BCUT2D eigenvalue weighted by molar-refractivity contribution is 6.17. The van der Waals surface area contributed by atoms with Crippen LogP contribution in [-0.2, 0) is 10.3 Å². The van der Waals surface area contributed by atoms with Crippen LogP contribution in [0.3, 0.4) is 0 Å². The Morgan fingerprint density at radius 1 is 1.14 bits per heavy atom. The van der Waals surface area contributed by atoms with E-state index in [1.807, 2.05) is 38.1 Å². The molecule has 0 aliphatic heterocycles. The van der Waals surface area contributed by atoms with Gasteiger partial charge in [0.1, 0.15) is 12.4 Å². The monoisotopic (exact) mass is 311 g/mol. The molecule has 0 saturated heterocycles. The summed E-state index contributed by atoms with van der Waals surface area (Å²) in [5.74, 6) is 1.26. The maximum absolute atomic E-state index is 8.78. The zero-order chi connectivity index (χ0) is 15.6. The predicted octanol–water partition coefficient (Wildman–Crippen LogP) is 4.65. The first-order valence-corrected chi connectivity index (χ1v) is 7.69. The molecule has 1 aromatic rings. The highest BCUT2D eigenvalue weighted by atomic mass is 35.5. The summed E-state index contributed by atoms with van der Waals surface area (Å²) >= 11 is 5.51. The Labute approximate surface area is 130 Å². The van der Waals surface area contributed by atoms with Crippen molar-refractivity contribution in [3.63, 3.8) is 0 Å². The first-order valence-electron chi connectivity index (χ1n) is 7.15. The first kappa shape index (κ1) is 17.6. The highest BCUT2D eigenvalue weighted by Gasteiger charge is 2.26.